The molecule has 0 aliphatic heterocycles. The lowest BCUT2D eigenvalue weighted by atomic mass is 10.3. The van der Waals surface area contributed by atoms with Gasteiger partial charge in [0, 0.05) is 11.9 Å². The monoisotopic (exact) mass is 321 g/mol. The van der Waals surface area contributed by atoms with Gasteiger partial charge in [-0.05, 0) is 31.9 Å². The number of methoxy groups -OCH3 is 1. The number of halogens is 1. The van der Waals surface area contributed by atoms with E-state index < -0.39 is 10.0 Å². The smallest absolute Gasteiger partial charge is 0.232 e. The standard InChI is InChI=1S/C13H20ClNO4S/c1-3-19-13-10-11(6-7-12(13)18-2)15-20(16,17)9-5-4-8-14/h6-7,10,15H,3-5,8-9H2,1-2H3. The SMILES string of the molecule is CCOc1cc(NS(=O)(=O)CCCCCl)ccc1OC. The third-order valence-electron chi connectivity index (χ3n) is 2.53. The number of hydrogen-bond acceptors (Lipinski definition) is 4. The van der Waals surface area contributed by atoms with Gasteiger partial charge in [0.15, 0.2) is 11.5 Å². The van der Waals surface area contributed by atoms with Gasteiger partial charge in [-0.15, -0.1) is 11.6 Å². The summed E-state index contributed by atoms with van der Waals surface area (Å²) in [6.07, 6.45) is 1.21. The molecular weight excluding hydrogens is 302 g/mol. The maximum absolute atomic E-state index is 11.9. The van der Waals surface area contributed by atoms with Crippen molar-refractivity contribution in [3.05, 3.63) is 18.2 Å². The van der Waals surface area contributed by atoms with Crippen LogP contribution < -0.4 is 14.2 Å². The fourth-order valence-corrected chi connectivity index (χ4v) is 2.99. The molecule has 1 aromatic carbocycles. The van der Waals surface area contributed by atoms with Crippen LogP contribution in [-0.4, -0.2) is 33.8 Å². The molecule has 0 aromatic heterocycles. The minimum Gasteiger partial charge on any atom is -0.493 e. The number of nitrogens with one attached hydrogen (secondary N) is 1. The van der Waals surface area contributed by atoms with E-state index >= 15 is 0 Å². The van der Waals surface area contributed by atoms with Gasteiger partial charge in [0.25, 0.3) is 0 Å². The second kappa shape index (κ2) is 8.21. The number of anilines is 1. The number of alkyl halides is 1. The quantitative estimate of drug-likeness (QED) is 0.561. The van der Waals surface area contributed by atoms with Crippen molar-refractivity contribution in [2.24, 2.45) is 0 Å². The predicted molar refractivity (Wildman–Crippen MR) is 81.5 cm³/mol. The van der Waals surface area contributed by atoms with Gasteiger partial charge in [0.05, 0.1) is 25.2 Å². The molecule has 0 radical (unpaired) electrons. The van der Waals surface area contributed by atoms with Gasteiger partial charge >= 0.3 is 0 Å². The van der Waals surface area contributed by atoms with Crippen molar-refractivity contribution < 1.29 is 17.9 Å². The van der Waals surface area contributed by atoms with Gasteiger partial charge in [-0.25, -0.2) is 8.42 Å². The molecule has 0 amide bonds. The van der Waals surface area contributed by atoms with E-state index in [1.807, 2.05) is 6.92 Å². The predicted octanol–water partition coefficient (Wildman–Crippen LogP) is 2.85. The Morgan fingerprint density at radius 1 is 1.25 bits per heavy atom. The van der Waals surface area contributed by atoms with Crippen molar-refractivity contribution in [3.8, 4) is 11.5 Å². The van der Waals surface area contributed by atoms with E-state index in [2.05, 4.69) is 4.72 Å². The maximum Gasteiger partial charge on any atom is 0.232 e. The zero-order chi connectivity index (χ0) is 15.0. The van der Waals surface area contributed by atoms with Crippen LogP contribution in [0.25, 0.3) is 0 Å². The molecule has 0 saturated heterocycles. The topological polar surface area (TPSA) is 64.6 Å². The first-order valence-corrected chi connectivity index (χ1v) is 8.58. The zero-order valence-corrected chi connectivity index (χ0v) is 13.3. The van der Waals surface area contributed by atoms with Crippen molar-refractivity contribution in [1.29, 1.82) is 0 Å². The van der Waals surface area contributed by atoms with Crippen LogP contribution in [0.1, 0.15) is 19.8 Å². The first-order chi connectivity index (χ1) is 9.52. The molecule has 0 atom stereocenters. The average molecular weight is 322 g/mol. The van der Waals surface area contributed by atoms with E-state index in [4.69, 9.17) is 21.1 Å². The summed E-state index contributed by atoms with van der Waals surface area (Å²) in [6.45, 7) is 2.32. The molecule has 1 N–H and O–H groups in total. The van der Waals surface area contributed by atoms with Crippen LogP contribution in [0, 0.1) is 0 Å². The minimum absolute atomic E-state index is 0.0513. The molecule has 5 nitrogen and oxygen atoms in total. The van der Waals surface area contributed by atoms with E-state index in [0.717, 1.165) is 0 Å². The van der Waals surface area contributed by atoms with Gasteiger partial charge in [0.2, 0.25) is 10.0 Å². The van der Waals surface area contributed by atoms with Crippen LogP contribution >= 0.6 is 11.6 Å². The van der Waals surface area contributed by atoms with Gasteiger partial charge in [-0.2, -0.15) is 0 Å². The van der Waals surface area contributed by atoms with E-state index in [0.29, 0.717) is 42.5 Å². The molecule has 0 aliphatic carbocycles. The van der Waals surface area contributed by atoms with E-state index in [-0.39, 0.29) is 5.75 Å². The number of unbranched alkanes of at least 4 members (excludes halogenated alkanes) is 1. The summed E-state index contributed by atoms with van der Waals surface area (Å²) in [5.74, 6) is 1.59. The van der Waals surface area contributed by atoms with Crippen LogP contribution in [-0.2, 0) is 10.0 Å². The fraction of sp³-hybridized carbons (Fsp3) is 0.538. The van der Waals surface area contributed by atoms with Crippen molar-refractivity contribution in [2.45, 2.75) is 19.8 Å². The normalized spacial score (nSPS) is 11.2. The zero-order valence-electron chi connectivity index (χ0n) is 11.7. The fourth-order valence-electron chi connectivity index (χ4n) is 1.63. The van der Waals surface area contributed by atoms with E-state index in [9.17, 15) is 8.42 Å². The Hall–Kier alpha value is -1.14. The summed E-state index contributed by atoms with van der Waals surface area (Å²) >= 11 is 5.53. The van der Waals surface area contributed by atoms with E-state index in [1.165, 1.54) is 7.11 Å². The lowest BCUT2D eigenvalue weighted by molar-refractivity contribution is 0.311. The molecule has 0 bridgehead atoms. The van der Waals surface area contributed by atoms with Crippen molar-refractivity contribution in [3.63, 3.8) is 0 Å². The highest BCUT2D eigenvalue weighted by Gasteiger charge is 2.12. The summed E-state index contributed by atoms with van der Waals surface area (Å²) in [5, 5.41) is 0. The molecule has 0 saturated carbocycles. The number of rotatable bonds is 9. The Morgan fingerprint density at radius 3 is 2.60 bits per heavy atom. The highest BCUT2D eigenvalue weighted by molar-refractivity contribution is 7.92. The summed E-state index contributed by atoms with van der Waals surface area (Å²) in [7, 11) is -1.83. The lowest BCUT2D eigenvalue weighted by Crippen LogP contribution is -2.16. The third kappa shape index (κ3) is 5.46. The molecular formula is C13H20ClNO4S. The Kier molecular flexibility index (Phi) is 6.95. The Bertz CT molecular complexity index is 519. The summed E-state index contributed by atoms with van der Waals surface area (Å²) in [4.78, 5) is 0. The molecule has 114 valence electrons. The number of hydrogen-bond donors (Lipinski definition) is 1. The first-order valence-electron chi connectivity index (χ1n) is 6.39. The van der Waals surface area contributed by atoms with Gasteiger partial charge in [-0.3, -0.25) is 4.72 Å². The highest BCUT2D eigenvalue weighted by atomic mass is 35.5. The van der Waals surface area contributed by atoms with Crippen molar-refractivity contribution in [2.75, 3.05) is 30.1 Å². The second-order valence-electron chi connectivity index (χ2n) is 4.12. The van der Waals surface area contributed by atoms with Crippen LogP contribution in [0.3, 0.4) is 0 Å². The maximum atomic E-state index is 11.9. The molecule has 20 heavy (non-hydrogen) atoms. The molecule has 0 heterocycles. The van der Waals surface area contributed by atoms with Crippen molar-refractivity contribution >= 4 is 27.3 Å². The Balaban J connectivity index is 2.79. The lowest BCUT2D eigenvalue weighted by Gasteiger charge is -2.12. The van der Waals surface area contributed by atoms with Gasteiger partial charge < -0.3 is 9.47 Å². The highest BCUT2D eigenvalue weighted by Crippen LogP contribution is 2.30. The largest absolute Gasteiger partial charge is 0.493 e. The Labute approximate surface area is 125 Å². The molecule has 1 aromatic rings. The summed E-state index contributed by atoms with van der Waals surface area (Å²) in [6, 6.07) is 4.92. The number of ether oxygens (including phenoxy) is 2. The summed E-state index contributed by atoms with van der Waals surface area (Å²) in [5.41, 5.74) is 0.458. The number of benzene rings is 1. The second-order valence-corrected chi connectivity index (χ2v) is 6.34. The minimum atomic E-state index is -3.36. The molecule has 0 fully saturated rings. The van der Waals surface area contributed by atoms with Crippen LogP contribution in [0.2, 0.25) is 0 Å². The molecule has 7 heteroatoms. The third-order valence-corrected chi connectivity index (χ3v) is 4.17. The van der Waals surface area contributed by atoms with Crippen molar-refractivity contribution in [1.82, 2.24) is 0 Å². The first kappa shape index (κ1) is 16.9. The van der Waals surface area contributed by atoms with Crippen LogP contribution in [0.15, 0.2) is 18.2 Å². The van der Waals surface area contributed by atoms with Crippen LogP contribution in [0.5, 0.6) is 11.5 Å². The van der Waals surface area contributed by atoms with Gasteiger partial charge in [-0.1, -0.05) is 0 Å². The molecule has 1 rings (SSSR count). The average Bonchev–Trinajstić information content (AvgIpc) is 2.39. The molecule has 0 unspecified atom stereocenters. The number of sulfonamides is 1. The summed E-state index contributed by atoms with van der Waals surface area (Å²) < 4.78 is 36.8. The van der Waals surface area contributed by atoms with E-state index in [1.54, 1.807) is 18.2 Å². The Morgan fingerprint density at radius 2 is 2.00 bits per heavy atom. The molecule has 0 aliphatic rings. The van der Waals surface area contributed by atoms with Crippen LogP contribution in [0.4, 0.5) is 5.69 Å². The molecule has 0 spiro atoms. The van der Waals surface area contributed by atoms with Gasteiger partial charge in [0.1, 0.15) is 0 Å².